The maximum atomic E-state index is 12.7. The van der Waals surface area contributed by atoms with E-state index in [1.165, 1.54) is 6.20 Å². The van der Waals surface area contributed by atoms with E-state index < -0.39 is 28.4 Å². The van der Waals surface area contributed by atoms with Crippen LogP contribution < -0.4 is 4.90 Å². The predicted molar refractivity (Wildman–Crippen MR) is 109 cm³/mol. The predicted octanol–water partition coefficient (Wildman–Crippen LogP) is 3.06. The van der Waals surface area contributed by atoms with E-state index in [0.29, 0.717) is 42.6 Å². The number of hydrogen-bond acceptors (Lipinski definition) is 8. The molecular formula is C18H21ClF3N5O4S. The van der Waals surface area contributed by atoms with E-state index in [0.717, 1.165) is 6.20 Å². The Bertz CT molecular complexity index is 886. The number of azo groups is 1. The number of aromatic nitrogens is 1. The highest BCUT2D eigenvalue weighted by Crippen LogP contribution is 2.36. The van der Waals surface area contributed by atoms with Crippen molar-refractivity contribution in [3.63, 3.8) is 0 Å². The van der Waals surface area contributed by atoms with Crippen LogP contribution in [0.2, 0.25) is 0 Å². The Morgan fingerprint density at radius 3 is 2.72 bits per heavy atom. The van der Waals surface area contributed by atoms with E-state index in [1.54, 1.807) is 16.7 Å². The van der Waals surface area contributed by atoms with E-state index in [1.807, 2.05) is 0 Å². The molecule has 2 aliphatic rings. The van der Waals surface area contributed by atoms with Gasteiger partial charge in [-0.25, -0.2) is 4.98 Å². The molecule has 3 heterocycles. The molecule has 176 valence electrons. The van der Waals surface area contributed by atoms with Crippen molar-refractivity contribution >= 4 is 39.9 Å². The maximum Gasteiger partial charge on any atom is 0.427 e. The van der Waals surface area contributed by atoms with Crippen LogP contribution in [0.25, 0.3) is 0 Å². The van der Waals surface area contributed by atoms with Gasteiger partial charge in [-0.05, 0) is 6.92 Å². The number of amides is 2. The molecule has 2 atom stereocenters. The highest BCUT2D eigenvalue weighted by Gasteiger charge is 2.34. The first-order chi connectivity index (χ1) is 15.1. The minimum atomic E-state index is -4.40. The number of nitrogens with zero attached hydrogens (tertiary/aromatic N) is 5. The van der Waals surface area contributed by atoms with Crippen molar-refractivity contribution in [3.8, 4) is 0 Å². The number of carbonyl (C=O) groups excluding carboxylic acids is 2. The molecule has 1 saturated heterocycles. The molecule has 32 heavy (non-hydrogen) atoms. The second kappa shape index (κ2) is 10.6. The number of halogens is 4. The number of anilines is 1. The molecule has 0 bridgehead atoms. The summed E-state index contributed by atoms with van der Waals surface area (Å²) in [5.41, 5.74) is 0. The molecule has 1 unspecified atom stereocenters. The van der Waals surface area contributed by atoms with Crippen LogP contribution in [0.3, 0.4) is 0 Å². The van der Waals surface area contributed by atoms with Gasteiger partial charge < -0.3 is 19.3 Å². The SMILES string of the molecule is C[C@@H](COCCC(=O)N1CCN(c2ncc(C(F)(F)F)s2)CC1)OC1=CN=NC(=O)C1Cl. The lowest BCUT2D eigenvalue weighted by molar-refractivity contribution is -0.134. The van der Waals surface area contributed by atoms with E-state index >= 15 is 0 Å². The summed E-state index contributed by atoms with van der Waals surface area (Å²) in [6, 6.07) is 0. The molecule has 1 fully saturated rings. The maximum absolute atomic E-state index is 12.7. The van der Waals surface area contributed by atoms with Crippen LogP contribution in [0, 0.1) is 0 Å². The van der Waals surface area contributed by atoms with Gasteiger partial charge >= 0.3 is 6.18 Å². The lowest BCUT2D eigenvalue weighted by atomic mass is 10.3. The van der Waals surface area contributed by atoms with Gasteiger partial charge in [0.05, 0.1) is 32.0 Å². The van der Waals surface area contributed by atoms with E-state index in [2.05, 4.69) is 15.2 Å². The van der Waals surface area contributed by atoms with Crippen molar-refractivity contribution in [1.29, 1.82) is 0 Å². The summed E-state index contributed by atoms with van der Waals surface area (Å²) < 4.78 is 49.2. The fraction of sp³-hybridized carbons (Fsp3) is 0.611. The van der Waals surface area contributed by atoms with Crippen molar-refractivity contribution in [2.75, 3.05) is 44.3 Å². The van der Waals surface area contributed by atoms with Gasteiger partial charge in [-0.3, -0.25) is 9.59 Å². The smallest absolute Gasteiger partial charge is 0.427 e. The summed E-state index contributed by atoms with van der Waals surface area (Å²) in [5.74, 6) is -0.506. The average Bonchev–Trinajstić information content (AvgIpc) is 3.25. The summed E-state index contributed by atoms with van der Waals surface area (Å²) >= 11 is 6.49. The first-order valence-electron chi connectivity index (χ1n) is 9.74. The molecule has 14 heteroatoms. The number of thiazole rings is 1. The number of carbonyl (C=O) groups is 2. The third-order valence-corrected chi connectivity index (χ3v) is 6.14. The molecule has 9 nitrogen and oxygen atoms in total. The van der Waals surface area contributed by atoms with Crippen LogP contribution in [0.4, 0.5) is 18.3 Å². The molecule has 2 amide bonds. The number of rotatable bonds is 8. The molecule has 1 aromatic rings. The normalized spacial score (nSPS) is 20.3. The lowest BCUT2D eigenvalue weighted by Gasteiger charge is -2.34. The molecule has 2 aliphatic heterocycles. The van der Waals surface area contributed by atoms with Crippen LogP contribution >= 0.6 is 22.9 Å². The fourth-order valence-electron chi connectivity index (χ4n) is 2.99. The Morgan fingerprint density at radius 2 is 2.06 bits per heavy atom. The van der Waals surface area contributed by atoms with Crippen LogP contribution in [0.15, 0.2) is 28.4 Å². The van der Waals surface area contributed by atoms with Crippen molar-refractivity contribution in [2.45, 2.75) is 31.0 Å². The van der Waals surface area contributed by atoms with Gasteiger partial charge in [-0.1, -0.05) is 11.3 Å². The van der Waals surface area contributed by atoms with Gasteiger partial charge in [0.15, 0.2) is 10.5 Å². The number of hydrogen-bond donors (Lipinski definition) is 0. The fourth-order valence-corrected chi connectivity index (χ4v) is 3.98. The first-order valence-corrected chi connectivity index (χ1v) is 11.0. The average molecular weight is 496 g/mol. The van der Waals surface area contributed by atoms with Gasteiger partial charge in [0, 0.05) is 26.2 Å². The monoisotopic (exact) mass is 495 g/mol. The number of piperazine rings is 1. The second-order valence-electron chi connectivity index (χ2n) is 7.07. The van der Waals surface area contributed by atoms with E-state index in [9.17, 15) is 22.8 Å². The van der Waals surface area contributed by atoms with Crippen molar-refractivity contribution < 1.29 is 32.2 Å². The molecule has 0 spiro atoms. The molecule has 3 rings (SSSR count). The Balaban J connectivity index is 1.34. The number of ether oxygens (including phenoxy) is 2. The third kappa shape index (κ3) is 6.39. The van der Waals surface area contributed by atoms with E-state index in [4.69, 9.17) is 21.1 Å². The molecule has 0 saturated carbocycles. The highest BCUT2D eigenvalue weighted by atomic mass is 35.5. The zero-order valence-electron chi connectivity index (χ0n) is 17.0. The summed E-state index contributed by atoms with van der Waals surface area (Å²) in [5, 5.41) is 6.11. The topological polar surface area (TPSA) is 96.7 Å². The number of alkyl halides is 4. The largest absolute Gasteiger partial charge is 0.489 e. The first kappa shape index (κ1) is 24.4. The summed E-state index contributed by atoms with van der Waals surface area (Å²) in [4.78, 5) is 30.3. The van der Waals surface area contributed by atoms with Gasteiger partial charge in [0.2, 0.25) is 5.91 Å². The summed E-state index contributed by atoms with van der Waals surface area (Å²) in [6.07, 6.45) is -2.55. The minimum absolute atomic E-state index is 0.102. The van der Waals surface area contributed by atoms with Crippen molar-refractivity contribution in [1.82, 2.24) is 9.88 Å². The molecule has 0 aliphatic carbocycles. The van der Waals surface area contributed by atoms with Crippen molar-refractivity contribution in [3.05, 3.63) is 23.0 Å². The highest BCUT2D eigenvalue weighted by molar-refractivity contribution is 7.15. The van der Waals surface area contributed by atoms with Gasteiger partial charge in [-0.2, -0.15) is 18.3 Å². The molecule has 0 aromatic carbocycles. The van der Waals surface area contributed by atoms with Gasteiger partial charge in [-0.15, -0.1) is 16.7 Å². The van der Waals surface area contributed by atoms with E-state index in [-0.39, 0.29) is 31.3 Å². The molecular weight excluding hydrogens is 475 g/mol. The molecule has 0 radical (unpaired) electrons. The van der Waals surface area contributed by atoms with Crippen LogP contribution in [0.5, 0.6) is 0 Å². The third-order valence-electron chi connectivity index (χ3n) is 4.63. The van der Waals surface area contributed by atoms with Gasteiger partial charge in [0.25, 0.3) is 5.91 Å². The lowest BCUT2D eigenvalue weighted by Crippen LogP contribution is -2.49. The quantitative estimate of drug-likeness (QED) is 0.406. The Labute approximate surface area is 190 Å². The Kier molecular flexibility index (Phi) is 8.06. The van der Waals surface area contributed by atoms with Crippen LogP contribution in [0.1, 0.15) is 18.2 Å². The minimum Gasteiger partial charge on any atom is -0.489 e. The van der Waals surface area contributed by atoms with Gasteiger partial charge in [0.1, 0.15) is 16.7 Å². The zero-order chi connectivity index (χ0) is 23.3. The van der Waals surface area contributed by atoms with Crippen LogP contribution in [-0.2, 0) is 25.2 Å². The second-order valence-corrected chi connectivity index (χ2v) is 8.52. The van der Waals surface area contributed by atoms with Crippen LogP contribution in [-0.4, -0.2) is 72.6 Å². The summed E-state index contributed by atoms with van der Waals surface area (Å²) in [7, 11) is 0. The Hall–Kier alpha value is -2.25. The Morgan fingerprint density at radius 1 is 1.34 bits per heavy atom. The standard InChI is InChI=1S/C18H21ClF3N5O4S/c1-11(31-12-8-24-25-16(29)15(12)19)10-30-7-2-14(28)26-3-5-27(6-4-26)17-23-9-13(32-17)18(20,21)22/h8-9,11,15H,2-7,10H2,1H3/t11-,15?/m0/s1. The zero-order valence-corrected chi connectivity index (χ0v) is 18.6. The molecule has 0 N–H and O–H groups in total. The van der Waals surface area contributed by atoms with Crippen molar-refractivity contribution in [2.24, 2.45) is 10.2 Å². The molecule has 1 aromatic heterocycles. The summed E-state index contributed by atoms with van der Waals surface area (Å²) in [6.45, 7) is 3.69.